The van der Waals surface area contributed by atoms with Gasteiger partial charge in [0.25, 0.3) is 5.56 Å². The fourth-order valence-electron chi connectivity index (χ4n) is 3.25. The zero-order valence-electron chi connectivity index (χ0n) is 16.9. The molecular formula is C20H20ClN5O4S. The Kier molecular flexibility index (Phi) is 5.94. The molecule has 0 saturated heterocycles. The van der Waals surface area contributed by atoms with Crippen molar-refractivity contribution in [3.8, 4) is 11.8 Å². The van der Waals surface area contributed by atoms with Crippen LogP contribution in [0.4, 0.5) is 0 Å². The molecule has 1 N–H and O–H groups in total. The van der Waals surface area contributed by atoms with Crippen molar-refractivity contribution in [3.05, 3.63) is 66.2 Å². The highest BCUT2D eigenvalue weighted by Gasteiger charge is 2.22. The predicted molar refractivity (Wildman–Crippen MR) is 118 cm³/mol. The summed E-state index contributed by atoms with van der Waals surface area (Å²) in [7, 11) is 1.55. The minimum atomic E-state index is -0.505. The maximum Gasteiger partial charge on any atom is 0.332 e. The van der Waals surface area contributed by atoms with Crippen molar-refractivity contribution >= 4 is 34.1 Å². The number of aromatic nitrogens is 5. The molecule has 0 radical (unpaired) electrons. The normalized spacial score (nSPS) is 11.4. The molecule has 162 valence electrons. The van der Waals surface area contributed by atoms with Gasteiger partial charge in [-0.3, -0.25) is 18.5 Å². The van der Waals surface area contributed by atoms with Gasteiger partial charge in [-0.25, -0.2) is 9.78 Å². The third-order valence-electron chi connectivity index (χ3n) is 4.71. The third kappa shape index (κ3) is 4.14. The van der Waals surface area contributed by atoms with Gasteiger partial charge in [-0.1, -0.05) is 17.7 Å². The number of fused-ring (bicyclic) bond motifs is 1. The van der Waals surface area contributed by atoms with Gasteiger partial charge in [0, 0.05) is 36.3 Å². The van der Waals surface area contributed by atoms with E-state index >= 15 is 0 Å². The second-order valence-corrected chi connectivity index (χ2v) is 8.71. The molecule has 3 heterocycles. The van der Waals surface area contributed by atoms with Gasteiger partial charge in [0.05, 0.1) is 6.54 Å². The van der Waals surface area contributed by atoms with Crippen molar-refractivity contribution in [3.63, 3.8) is 0 Å². The highest BCUT2D eigenvalue weighted by atomic mass is 35.5. The highest BCUT2D eigenvalue weighted by molar-refractivity contribution is 7.11. The molecular weight excluding hydrogens is 442 g/mol. The van der Waals surface area contributed by atoms with Crippen molar-refractivity contribution in [1.82, 2.24) is 23.7 Å². The van der Waals surface area contributed by atoms with E-state index in [2.05, 4.69) is 9.97 Å². The van der Waals surface area contributed by atoms with Crippen LogP contribution in [0.15, 0.2) is 40.1 Å². The Balaban J connectivity index is 1.94. The number of benzene rings is 1. The average Bonchev–Trinajstić information content (AvgIpc) is 3.30. The minimum absolute atomic E-state index is 0.101. The lowest BCUT2D eigenvalue weighted by atomic mass is 10.3. The molecule has 0 bridgehead atoms. The Labute approximate surface area is 185 Å². The van der Waals surface area contributed by atoms with Crippen LogP contribution in [-0.2, 0) is 20.1 Å². The van der Waals surface area contributed by atoms with Crippen molar-refractivity contribution in [2.45, 2.75) is 26.4 Å². The number of ether oxygens (including phenoxy) is 1. The van der Waals surface area contributed by atoms with Crippen molar-refractivity contribution in [2.75, 3.05) is 6.61 Å². The molecule has 0 aliphatic heterocycles. The molecule has 0 spiro atoms. The van der Waals surface area contributed by atoms with Crippen LogP contribution in [0.5, 0.6) is 11.8 Å². The molecule has 4 rings (SSSR count). The number of thiazole rings is 1. The smallest absolute Gasteiger partial charge is 0.332 e. The lowest BCUT2D eigenvalue weighted by molar-refractivity contribution is 0.277. The van der Waals surface area contributed by atoms with Crippen LogP contribution in [0, 0.1) is 6.92 Å². The average molecular weight is 462 g/mol. The highest BCUT2D eigenvalue weighted by Crippen LogP contribution is 2.27. The monoisotopic (exact) mass is 461 g/mol. The summed E-state index contributed by atoms with van der Waals surface area (Å²) >= 11 is 7.56. The van der Waals surface area contributed by atoms with Crippen LogP contribution in [0.1, 0.15) is 16.3 Å². The van der Waals surface area contributed by atoms with Gasteiger partial charge in [0.15, 0.2) is 11.2 Å². The lowest BCUT2D eigenvalue weighted by Crippen LogP contribution is -2.39. The first kappa shape index (κ1) is 21.3. The molecule has 0 fully saturated rings. The summed E-state index contributed by atoms with van der Waals surface area (Å²) in [6.45, 7) is 2.17. The number of rotatable bonds is 7. The number of aliphatic hydroxyl groups is 1. The Morgan fingerprint density at radius 1 is 1.26 bits per heavy atom. The Hall–Kier alpha value is -2.95. The molecule has 9 nitrogen and oxygen atoms in total. The Morgan fingerprint density at radius 3 is 2.74 bits per heavy atom. The van der Waals surface area contributed by atoms with Gasteiger partial charge >= 0.3 is 11.7 Å². The molecule has 1 aromatic carbocycles. The second-order valence-electron chi connectivity index (χ2n) is 6.95. The zero-order chi connectivity index (χ0) is 22.1. The number of halogens is 1. The summed E-state index contributed by atoms with van der Waals surface area (Å²) in [4.78, 5) is 35.9. The molecule has 3 aromatic heterocycles. The largest absolute Gasteiger partial charge is 0.425 e. The van der Waals surface area contributed by atoms with Gasteiger partial charge in [0.1, 0.15) is 10.8 Å². The van der Waals surface area contributed by atoms with Crippen LogP contribution in [0.25, 0.3) is 11.2 Å². The van der Waals surface area contributed by atoms with E-state index in [-0.39, 0.29) is 43.3 Å². The standard InChI is InChI=1S/C20H20ClN5O4S/c1-12-10-22-15(31-12)11-26-16-17(23-19(26)30-14-6-3-5-13(21)9-14)24(2)20(29)25(18(16)28)7-4-8-27/h3,5-6,9-10,27H,4,7-8,11H2,1-2H3. The van der Waals surface area contributed by atoms with E-state index in [1.165, 1.54) is 15.9 Å². The molecule has 4 aromatic rings. The van der Waals surface area contributed by atoms with Gasteiger partial charge < -0.3 is 9.84 Å². The van der Waals surface area contributed by atoms with Crippen LogP contribution in [0.3, 0.4) is 0 Å². The van der Waals surface area contributed by atoms with Gasteiger partial charge in [-0.05, 0) is 31.5 Å². The Bertz CT molecular complexity index is 1370. The quantitative estimate of drug-likeness (QED) is 0.453. The minimum Gasteiger partial charge on any atom is -0.425 e. The summed E-state index contributed by atoms with van der Waals surface area (Å²) in [5, 5.41) is 10.4. The predicted octanol–water partition coefficient (Wildman–Crippen LogP) is 2.54. The number of aliphatic hydroxyl groups excluding tert-OH is 1. The first-order valence-electron chi connectivity index (χ1n) is 9.54. The van der Waals surface area contributed by atoms with Gasteiger partial charge in [0.2, 0.25) is 0 Å². The maximum absolute atomic E-state index is 13.3. The second kappa shape index (κ2) is 8.66. The molecule has 0 atom stereocenters. The maximum atomic E-state index is 13.3. The van der Waals surface area contributed by atoms with E-state index in [0.717, 1.165) is 14.5 Å². The zero-order valence-corrected chi connectivity index (χ0v) is 18.5. The van der Waals surface area contributed by atoms with E-state index < -0.39 is 11.2 Å². The van der Waals surface area contributed by atoms with E-state index in [9.17, 15) is 9.59 Å². The molecule has 0 unspecified atom stereocenters. The first-order chi connectivity index (χ1) is 14.9. The fraction of sp³-hybridized carbons (Fsp3) is 0.300. The van der Waals surface area contributed by atoms with E-state index in [1.807, 2.05) is 6.92 Å². The number of hydrogen-bond donors (Lipinski definition) is 1. The molecule has 0 amide bonds. The van der Waals surface area contributed by atoms with Crippen LogP contribution in [-0.4, -0.2) is 35.4 Å². The Morgan fingerprint density at radius 2 is 2.06 bits per heavy atom. The molecule has 0 aliphatic rings. The van der Waals surface area contributed by atoms with Gasteiger partial charge in [-0.15, -0.1) is 11.3 Å². The van der Waals surface area contributed by atoms with Crippen LogP contribution < -0.4 is 16.0 Å². The topological polar surface area (TPSA) is 104 Å². The molecule has 11 heteroatoms. The van der Waals surface area contributed by atoms with E-state index in [0.29, 0.717) is 10.8 Å². The summed E-state index contributed by atoms with van der Waals surface area (Å²) in [5.74, 6) is 0.449. The van der Waals surface area contributed by atoms with Crippen molar-refractivity contribution in [1.29, 1.82) is 0 Å². The summed E-state index contributed by atoms with van der Waals surface area (Å²) in [6, 6.07) is 6.97. The van der Waals surface area contributed by atoms with Crippen molar-refractivity contribution in [2.24, 2.45) is 7.05 Å². The summed E-state index contributed by atoms with van der Waals surface area (Å²) in [6.07, 6.45) is 2.04. The third-order valence-corrected chi connectivity index (χ3v) is 5.84. The summed E-state index contributed by atoms with van der Waals surface area (Å²) < 4.78 is 9.99. The molecule has 0 aliphatic carbocycles. The van der Waals surface area contributed by atoms with E-state index in [1.54, 1.807) is 42.1 Å². The number of hydrogen-bond acceptors (Lipinski definition) is 7. The first-order valence-corrected chi connectivity index (χ1v) is 10.7. The lowest BCUT2D eigenvalue weighted by Gasteiger charge is -2.10. The summed E-state index contributed by atoms with van der Waals surface area (Å²) in [5.41, 5.74) is -0.561. The SMILES string of the molecule is Cc1cnc(Cn2c(Oc3cccc(Cl)c3)nc3c2c(=O)n(CCCO)c(=O)n3C)s1. The van der Waals surface area contributed by atoms with Crippen molar-refractivity contribution < 1.29 is 9.84 Å². The number of nitrogens with zero attached hydrogens (tertiary/aromatic N) is 5. The van der Waals surface area contributed by atoms with Crippen LogP contribution >= 0.6 is 22.9 Å². The van der Waals surface area contributed by atoms with Gasteiger partial charge in [-0.2, -0.15) is 4.98 Å². The van der Waals surface area contributed by atoms with E-state index in [4.69, 9.17) is 21.4 Å². The molecule has 0 saturated carbocycles. The number of imidazole rings is 1. The van der Waals surface area contributed by atoms with Crippen LogP contribution in [0.2, 0.25) is 5.02 Å². The fourth-order valence-corrected chi connectivity index (χ4v) is 4.20. The molecule has 31 heavy (non-hydrogen) atoms. The number of aryl methyl sites for hydroxylation is 2.